The Morgan fingerprint density at radius 2 is 1.84 bits per heavy atom. The molecule has 2 atom stereocenters. The molecule has 1 heteroatoms. The summed E-state index contributed by atoms with van der Waals surface area (Å²) in [5.74, 6) is 1.84. The zero-order chi connectivity index (χ0) is 13.1. The minimum atomic E-state index is 0.752. The van der Waals surface area contributed by atoms with Crippen molar-refractivity contribution >= 4 is 0 Å². The van der Waals surface area contributed by atoms with Gasteiger partial charge in [-0.15, -0.1) is 0 Å². The average molecular weight is 257 g/mol. The van der Waals surface area contributed by atoms with E-state index in [1.165, 1.54) is 50.5 Å². The molecule has 19 heavy (non-hydrogen) atoms. The highest BCUT2D eigenvalue weighted by Gasteiger charge is 2.23. The van der Waals surface area contributed by atoms with E-state index >= 15 is 0 Å². The molecule has 3 rings (SSSR count). The van der Waals surface area contributed by atoms with Crippen molar-refractivity contribution in [3.63, 3.8) is 0 Å². The maximum absolute atomic E-state index is 3.77. The Labute approximate surface area is 117 Å². The first-order valence-electron chi connectivity index (χ1n) is 8.17. The van der Waals surface area contributed by atoms with Gasteiger partial charge in [0.25, 0.3) is 0 Å². The molecule has 0 bridgehead atoms. The maximum atomic E-state index is 3.77. The van der Waals surface area contributed by atoms with Crippen LogP contribution in [0.2, 0.25) is 0 Å². The topological polar surface area (TPSA) is 12.0 Å². The van der Waals surface area contributed by atoms with Gasteiger partial charge in [0, 0.05) is 12.6 Å². The Morgan fingerprint density at radius 3 is 2.53 bits per heavy atom. The van der Waals surface area contributed by atoms with E-state index in [0.29, 0.717) is 0 Å². The third-order valence-corrected chi connectivity index (χ3v) is 4.98. The number of nitrogens with one attached hydrogen (secondary N) is 1. The molecule has 1 N–H and O–H groups in total. The largest absolute Gasteiger partial charge is 0.310 e. The molecule has 2 fully saturated rings. The highest BCUT2D eigenvalue weighted by Crippen LogP contribution is 2.39. The van der Waals surface area contributed by atoms with E-state index in [2.05, 4.69) is 36.5 Å². The molecule has 0 aromatic heterocycles. The molecule has 0 spiro atoms. The Morgan fingerprint density at radius 1 is 1.05 bits per heavy atom. The number of hydrogen-bond donors (Lipinski definition) is 1. The molecule has 2 unspecified atom stereocenters. The average Bonchev–Trinajstić information content (AvgIpc) is 3.31. The summed E-state index contributed by atoms with van der Waals surface area (Å²) in [6.45, 7) is 3.38. The highest BCUT2D eigenvalue weighted by atomic mass is 14.9. The van der Waals surface area contributed by atoms with Gasteiger partial charge in [0.1, 0.15) is 0 Å². The van der Waals surface area contributed by atoms with Gasteiger partial charge in [-0.1, -0.05) is 50.5 Å². The molecule has 1 aromatic rings. The molecule has 2 aliphatic rings. The zero-order valence-corrected chi connectivity index (χ0v) is 12.2. The van der Waals surface area contributed by atoms with Crippen molar-refractivity contribution in [2.24, 2.45) is 5.92 Å². The van der Waals surface area contributed by atoms with E-state index in [9.17, 15) is 0 Å². The summed E-state index contributed by atoms with van der Waals surface area (Å²) in [6, 6.07) is 10.1. The van der Waals surface area contributed by atoms with Crippen LogP contribution in [0.25, 0.3) is 0 Å². The van der Waals surface area contributed by atoms with Crippen LogP contribution in [-0.2, 0) is 6.54 Å². The lowest BCUT2D eigenvalue weighted by Crippen LogP contribution is -2.33. The van der Waals surface area contributed by atoms with E-state index in [1.54, 1.807) is 5.56 Å². The number of rotatable bonds is 5. The summed E-state index contributed by atoms with van der Waals surface area (Å²) in [6.07, 6.45) is 9.78. The van der Waals surface area contributed by atoms with E-state index < -0.39 is 0 Å². The van der Waals surface area contributed by atoms with Gasteiger partial charge in [-0.2, -0.15) is 0 Å². The first kappa shape index (κ1) is 13.2. The lowest BCUT2D eigenvalue weighted by Gasteiger charge is -2.29. The summed E-state index contributed by atoms with van der Waals surface area (Å²) in [7, 11) is 0. The minimum Gasteiger partial charge on any atom is -0.310 e. The second kappa shape index (κ2) is 6.09. The normalized spacial score (nSPS) is 27.4. The Hall–Kier alpha value is -0.820. The monoisotopic (exact) mass is 257 g/mol. The first-order valence-corrected chi connectivity index (χ1v) is 8.17. The minimum absolute atomic E-state index is 0.752. The van der Waals surface area contributed by atoms with Crippen LogP contribution in [0.5, 0.6) is 0 Å². The van der Waals surface area contributed by atoms with Crippen LogP contribution in [0.3, 0.4) is 0 Å². The van der Waals surface area contributed by atoms with Gasteiger partial charge in [-0.05, 0) is 48.6 Å². The standard InChI is InChI=1S/C18H27N/c1-2-14-4-3-5-18(12-14)19-13-15-6-8-16(9-7-15)17-10-11-17/h6-9,14,17-19H,2-5,10-13H2,1H3. The number of benzene rings is 1. The molecule has 2 aliphatic carbocycles. The highest BCUT2D eigenvalue weighted by molar-refractivity contribution is 5.28. The lowest BCUT2D eigenvalue weighted by molar-refractivity contribution is 0.278. The van der Waals surface area contributed by atoms with Gasteiger partial charge < -0.3 is 5.32 Å². The lowest BCUT2D eigenvalue weighted by atomic mass is 9.84. The van der Waals surface area contributed by atoms with Gasteiger partial charge in [-0.3, -0.25) is 0 Å². The predicted molar refractivity (Wildman–Crippen MR) is 81.3 cm³/mol. The third kappa shape index (κ3) is 3.60. The van der Waals surface area contributed by atoms with Crippen LogP contribution in [0.4, 0.5) is 0 Å². The molecule has 1 nitrogen and oxygen atoms in total. The van der Waals surface area contributed by atoms with Crippen molar-refractivity contribution in [2.45, 2.75) is 70.4 Å². The van der Waals surface area contributed by atoms with Gasteiger partial charge in [0.2, 0.25) is 0 Å². The Balaban J connectivity index is 1.48. The third-order valence-electron chi connectivity index (χ3n) is 4.98. The molecule has 0 heterocycles. The van der Waals surface area contributed by atoms with Gasteiger partial charge >= 0.3 is 0 Å². The van der Waals surface area contributed by atoms with Crippen molar-refractivity contribution in [2.75, 3.05) is 0 Å². The molecular weight excluding hydrogens is 230 g/mol. The van der Waals surface area contributed by atoms with Crippen LogP contribution in [0.15, 0.2) is 24.3 Å². The van der Waals surface area contributed by atoms with E-state index in [-0.39, 0.29) is 0 Å². The maximum Gasteiger partial charge on any atom is 0.0208 e. The molecule has 0 radical (unpaired) electrons. The predicted octanol–water partition coefficient (Wildman–Crippen LogP) is 4.62. The Kier molecular flexibility index (Phi) is 4.22. The van der Waals surface area contributed by atoms with Crippen molar-refractivity contribution in [1.29, 1.82) is 0 Å². The summed E-state index contributed by atoms with van der Waals surface area (Å²) in [5.41, 5.74) is 3.00. The van der Waals surface area contributed by atoms with Gasteiger partial charge in [-0.25, -0.2) is 0 Å². The fourth-order valence-electron chi connectivity index (χ4n) is 3.43. The van der Waals surface area contributed by atoms with E-state index in [0.717, 1.165) is 24.4 Å². The summed E-state index contributed by atoms with van der Waals surface area (Å²) in [5, 5.41) is 3.77. The molecule has 2 saturated carbocycles. The van der Waals surface area contributed by atoms with Crippen molar-refractivity contribution < 1.29 is 0 Å². The van der Waals surface area contributed by atoms with E-state index in [4.69, 9.17) is 0 Å². The van der Waals surface area contributed by atoms with Crippen LogP contribution < -0.4 is 5.32 Å². The number of hydrogen-bond acceptors (Lipinski definition) is 1. The van der Waals surface area contributed by atoms with Crippen LogP contribution in [0, 0.1) is 5.92 Å². The summed E-state index contributed by atoms with van der Waals surface area (Å²) >= 11 is 0. The van der Waals surface area contributed by atoms with Crippen molar-refractivity contribution in [3.8, 4) is 0 Å². The molecular formula is C18H27N. The molecule has 0 amide bonds. The quantitative estimate of drug-likeness (QED) is 0.811. The zero-order valence-electron chi connectivity index (χ0n) is 12.2. The molecule has 1 aromatic carbocycles. The SMILES string of the molecule is CCC1CCCC(NCc2ccc(C3CC3)cc2)C1. The fourth-order valence-corrected chi connectivity index (χ4v) is 3.43. The first-order chi connectivity index (χ1) is 9.35. The fraction of sp³-hybridized carbons (Fsp3) is 0.667. The van der Waals surface area contributed by atoms with Gasteiger partial charge in [0.05, 0.1) is 0 Å². The van der Waals surface area contributed by atoms with Crippen molar-refractivity contribution in [1.82, 2.24) is 5.32 Å². The second-order valence-corrected chi connectivity index (χ2v) is 6.53. The summed E-state index contributed by atoms with van der Waals surface area (Å²) < 4.78 is 0. The van der Waals surface area contributed by atoms with Gasteiger partial charge in [0.15, 0.2) is 0 Å². The molecule has 104 valence electrons. The van der Waals surface area contributed by atoms with Crippen LogP contribution in [-0.4, -0.2) is 6.04 Å². The van der Waals surface area contributed by atoms with E-state index in [1.807, 2.05) is 0 Å². The summed E-state index contributed by atoms with van der Waals surface area (Å²) in [4.78, 5) is 0. The molecule has 0 aliphatic heterocycles. The van der Waals surface area contributed by atoms with Crippen LogP contribution >= 0.6 is 0 Å². The second-order valence-electron chi connectivity index (χ2n) is 6.53. The van der Waals surface area contributed by atoms with Crippen molar-refractivity contribution in [3.05, 3.63) is 35.4 Å². The molecule has 0 saturated heterocycles. The smallest absolute Gasteiger partial charge is 0.0208 e. The van der Waals surface area contributed by atoms with Crippen LogP contribution in [0.1, 0.15) is 68.9 Å². The Bertz CT molecular complexity index is 391.